The van der Waals surface area contributed by atoms with Gasteiger partial charge in [0.1, 0.15) is 5.52 Å². The Balaban J connectivity index is 2.23. The first-order chi connectivity index (χ1) is 8.87. The molecule has 2 rings (SSSR count). The lowest BCUT2D eigenvalue weighted by Crippen LogP contribution is -2.20. The fraction of sp³-hybridized carbons (Fsp3) is 0.250. The lowest BCUT2D eigenvalue weighted by Gasteiger charge is -2.05. The average Bonchev–Trinajstić information content (AvgIpc) is 2.74. The molecule has 102 valence electrons. The summed E-state index contributed by atoms with van der Waals surface area (Å²) in [6.45, 7) is 0. The van der Waals surface area contributed by atoms with E-state index in [1.807, 2.05) is 4.72 Å². The Kier molecular flexibility index (Phi) is 3.53. The third kappa shape index (κ3) is 3.29. The van der Waals surface area contributed by atoms with Gasteiger partial charge in [0.15, 0.2) is 10.8 Å². The summed E-state index contributed by atoms with van der Waals surface area (Å²) >= 11 is 5.81. The first-order valence-electron chi connectivity index (χ1n) is 4.96. The molecule has 3 N–H and O–H groups in total. The lowest BCUT2D eigenvalue weighted by atomic mass is 10.5. The number of halogens is 1. The lowest BCUT2D eigenvalue weighted by molar-refractivity contribution is -0.136. The van der Waals surface area contributed by atoms with Gasteiger partial charge in [0.2, 0.25) is 16.0 Å². The molecule has 0 saturated heterocycles. The van der Waals surface area contributed by atoms with Crippen LogP contribution >= 0.6 is 11.6 Å². The van der Waals surface area contributed by atoms with Gasteiger partial charge >= 0.3 is 5.97 Å². The number of anilines is 1. The van der Waals surface area contributed by atoms with E-state index < -0.39 is 28.2 Å². The topological polar surface area (TPSA) is 138 Å². The molecule has 11 heteroatoms. The number of nitrogens with one attached hydrogen (secondary N) is 2. The van der Waals surface area contributed by atoms with Crippen molar-refractivity contribution in [1.82, 2.24) is 19.9 Å². The first-order valence-corrected chi connectivity index (χ1v) is 6.99. The maximum atomic E-state index is 11.6. The van der Waals surface area contributed by atoms with E-state index in [-0.39, 0.29) is 16.7 Å². The number of aromatic amines is 1. The SMILES string of the molecule is O=C(O)CCS(=O)(=O)Nc1nc(Cl)c2[nH]cnc2n1. The molecule has 0 aromatic carbocycles. The van der Waals surface area contributed by atoms with Crippen LogP contribution in [0.4, 0.5) is 5.95 Å². The predicted molar refractivity (Wildman–Crippen MR) is 66.4 cm³/mol. The van der Waals surface area contributed by atoms with Crippen LogP contribution in [0.3, 0.4) is 0 Å². The van der Waals surface area contributed by atoms with E-state index in [1.54, 1.807) is 0 Å². The van der Waals surface area contributed by atoms with Gasteiger partial charge in [-0.3, -0.25) is 9.52 Å². The van der Waals surface area contributed by atoms with Gasteiger partial charge in [-0.1, -0.05) is 11.6 Å². The third-order valence-corrected chi connectivity index (χ3v) is 3.58. The van der Waals surface area contributed by atoms with Crippen molar-refractivity contribution in [2.24, 2.45) is 0 Å². The number of sulfonamides is 1. The Bertz CT molecular complexity index is 728. The second-order valence-electron chi connectivity index (χ2n) is 3.50. The van der Waals surface area contributed by atoms with E-state index in [9.17, 15) is 13.2 Å². The molecule has 2 heterocycles. The van der Waals surface area contributed by atoms with Crippen molar-refractivity contribution < 1.29 is 18.3 Å². The minimum absolute atomic E-state index is 0.0124. The van der Waals surface area contributed by atoms with Crippen LogP contribution in [0.15, 0.2) is 6.33 Å². The molecule has 0 spiro atoms. The molecule has 0 amide bonds. The number of fused-ring (bicyclic) bond motifs is 1. The number of nitrogens with zero attached hydrogens (tertiary/aromatic N) is 3. The molecule has 0 aliphatic heterocycles. The number of aliphatic carboxylic acids is 1. The van der Waals surface area contributed by atoms with Crippen molar-refractivity contribution in [3.8, 4) is 0 Å². The molecule has 0 radical (unpaired) electrons. The summed E-state index contributed by atoms with van der Waals surface area (Å²) in [7, 11) is -3.85. The number of carbonyl (C=O) groups is 1. The highest BCUT2D eigenvalue weighted by Crippen LogP contribution is 2.18. The largest absolute Gasteiger partial charge is 0.481 e. The highest BCUT2D eigenvalue weighted by atomic mass is 35.5. The summed E-state index contributed by atoms with van der Waals surface area (Å²) in [6, 6.07) is 0. The Morgan fingerprint density at radius 1 is 1.47 bits per heavy atom. The Morgan fingerprint density at radius 3 is 2.89 bits per heavy atom. The monoisotopic (exact) mass is 305 g/mol. The summed E-state index contributed by atoms with van der Waals surface area (Å²) < 4.78 is 25.2. The number of carboxylic acids is 1. The number of carboxylic acid groups (broad SMARTS) is 1. The molecule has 0 atom stereocenters. The van der Waals surface area contributed by atoms with Crippen LogP contribution in [-0.4, -0.2) is 45.2 Å². The maximum Gasteiger partial charge on any atom is 0.304 e. The maximum absolute atomic E-state index is 11.6. The minimum Gasteiger partial charge on any atom is -0.481 e. The van der Waals surface area contributed by atoms with Crippen LogP contribution in [-0.2, 0) is 14.8 Å². The molecule has 19 heavy (non-hydrogen) atoms. The van der Waals surface area contributed by atoms with Crippen LogP contribution in [0.1, 0.15) is 6.42 Å². The smallest absolute Gasteiger partial charge is 0.304 e. The van der Waals surface area contributed by atoms with Crippen molar-refractivity contribution in [2.45, 2.75) is 6.42 Å². The molecule has 2 aromatic rings. The van der Waals surface area contributed by atoms with Crippen molar-refractivity contribution in [2.75, 3.05) is 10.5 Å². The zero-order valence-corrected chi connectivity index (χ0v) is 10.9. The van der Waals surface area contributed by atoms with Gasteiger partial charge in [-0.25, -0.2) is 13.4 Å². The van der Waals surface area contributed by atoms with Gasteiger partial charge < -0.3 is 10.1 Å². The molecule has 0 bridgehead atoms. The molecular weight excluding hydrogens is 298 g/mol. The summed E-state index contributed by atoms with van der Waals surface area (Å²) in [5.41, 5.74) is 0.589. The first kappa shape index (κ1) is 13.5. The van der Waals surface area contributed by atoms with Crippen LogP contribution in [0.25, 0.3) is 11.2 Å². The van der Waals surface area contributed by atoms with Gasteiger partial charge in [-0.15, -0.1) is 0 Å². The number of aromatic nitrogens is 4. The van der Waals surface area contributed by atoms with Gasteiger partial charge in [0, 0.05) is 0 Å². The van der Waals surface area contributed by atoms with Crippen molar-refractivity contribution in [3.05, 3.63) is 11.5 Å². The second kappa shape index (κ2) is 4.97. The average molecular weight is 306 g/mol. The van der Waals surface area contributed by atoms with E-state index in [2.05, 4.69) is 19.9 Å². The van der Waals surface area contributed by atoms with Gasteiger partial charge in [-0.05, 0) is 0 Å². The van der Waals surface area contributed by atoms with Gasteiger partial charge in [-0.2, -0.15) is 9.97 Å². The Labute approximate surface area is 112 Å². The summed E-state index contributed by atoms with van der Waals surface area (Å²) in [5, 5.41) is 8.45. The van der Waals surface area contributed by atoms with E-state index in [0.29, 0.717) is 5.52 Å². The number of hydrogen-bond donors (Lipinski definition) is 3. The van der Waals surface area contributed by atoms with Crippen LogP contribution in [0.5, 0.6) is 0 Å². The number of rotatable bonds is 5. The van der Waals surface area contributed by atoms with Gasteiger partial charge in [0.25, 0.3) is 0 Å². The molecular formula is C8H8ClN5O4S. The van der Waals surface area contributed by atoms with E-state index in [0.717, 1.165) is 0 Å². The van der Waals surface area contributed by atoms with Crippen molar-refractivity contribution in [3.63, 3.8) is 0 Å². The van der Waals surface area contributed by atoms with Crippen molar-refractivity contribution >= 4 is 44.7 Å². The quantitative estimate of drug-likeness (QED) is 0.672. The van der Waals surface area contributed by atoms with E-state index in [4.69, 9.17) is 16.7 Å². The second-order valence-corrected chi connectivity index (χ2v) is 5.70. The van der Waals surface area contributed by atoms with Crippen LogP contribution < -0.4 is 4.72 Å². The van der Waals surface area contributed by atoms with Gasteiger partial charge in [0.05, 0.1) is 18.5 Å². The third-order valence-electron chi connectivity index (χ3n) is 2.07. The summed E-state index contributed by atoms with van der Waals surface area (Å²) in [6.07, 6.45) is 0.821. The molecule has 0 aliphatic carbocycles. The number of H-pyrrole nitrogens is 1. The molecule has 9 nitrogen and oxygen atoms in total. The zero-order chi connectivity index (χ0) is 14.0. The highest BCUT2D eigenvalue weighted by Gasteiger charge is 2.16. The predicted octanol–water partition coefficient (Wildman–Crippen LogP) is 0.223. The van der Waals surface area contributed by atoms with E-state index in [1.165, 1.54) is 6.33 Å². The fourth-order valence-corrected chi connectivity index (χ4v) is 2.39. The number of hydrogen-bond acceptors (Lipinski definition) is 6. The van der Waals surface area contributed by atoms with Crippen LogP contribution in [0.2, 0.25) is 5.15 Å². The summed E-state index contributed by atoms with van der Waals surface area (Å²) in [5.74, 6) is -2.05. The minimum atomic E-state index is -3.85. The van der Waals surface area contributed by atoms with Crippen LogP contribution in [0, 0.1) is 0 Å². The molecule has 0 fully saturated rings. The molecule has 0 aliphatic rings. The fourth-order valence-electron chi connectivity index (χ4n) is 1.26. The van der Waals surface area contributed by atoms with Crippen molar-refractivity contribution in [1.29, 1.82) is 0 Å². The Hall–Kier alpha value is -1.94. The molecule has 0 unspecified atom stereocenters. The number of imidazole rings is 1. The normalized spacial score (nSPS) is 11.6. The standard InChI is InChI=1S/C8H8ClN5O4S/c9-6-5-7(11-3-10-5)13-8(12-6)14-19(17,18)2-1-4(15)16/h3H,1-2H2,(H,15,16)(H2,10,11,12,13,14). The van der Waals surface area contributed by atoms with E-state index >= 15 is 0 Å². The Morgan fingerprint density at radius 2 is 2.21 bits per heavy atom. The molecule has 0 saturated carbocycles. The highest BCUT2D eigenvalue weighted by molar-refractivity contribution is 7.92. The summed E-state index contributed by atoms with van der Waals surface area (Å²) in [4.78, 5) is 24.4. The zero-order valence-electron chi connectivity index (χ0n) is 9.29. The molecule has 2 aromatic heterocycles.